The van der Waals surface area contributed by atoms with E-state index >= 15 is 0 Å². The smallest absolute Gasteiger partial charge is 1.00 e. The fraction of sp³-hybridized carbons (Fsp3) is 0. The summed E-state index contributed by atoms with van der Waals surface area (Å²) in [5.74, 6) is 0. The molecule has 40 valence electrons. The molecule has 6 heavy (non-hydrogen) atoms. The van der Waals surface area contributed by atoms with Gasteiger partial charge in [-0.1, -0.05) is 0 Å². The van der Waals surface area contributed by atoms with Crippen molar-refractivity contribution in [3.63, 3.8) is 0 Å². The third-order valence-electron chi connectivity index (χ3n) is 0. The number of hydrogen-bond acceptors (Lipinski definition) is 1. The minimum atomic E-state index is 0. The van der Waals surface area contributed by atoms with Crippen molar-refractivity contribution in [1.82, 2.24) is 0 Å². The maximum absolute atomic E-state index is 7.25. The Balaban J connectivity index is -0.000000000833. The zero-order valence-electron chi connectivity index (χ0n) is 2.34. The Bertz CT molecular complexity index is 10.8. The summed E-state index contributed by atoms with van der Waals surface area (Å²) in [7, 11) is 0. The Labute approximate surface area is 67.2 Å². The van der Waals surface area contributed by atoms with E-state index in [0.717, 1.165) is 0 Å². The maximum atomic E-state index is 7.25. The molecule has 0 aromatic rings. The zero-order valence-corrected chi connectivity index (χ0v) is 6.35. The van der Waals surface area contributed by atoms with Crippen LogP contribution in [0.4, 0.5) is 0 Å². The van der Waals surface area contributed by atoms with Crippen LogP contribution in [0.5, 0.6) is 0 Å². The van der Waals surface area contributed by atoms with Gasteiger partial charge in [0.25, 0.3) is 0 Å². The average molecular weight is 237 g/mol. The number of nitroso groups, excluding NO2 is 1. The molecule has 0 atom stereocenters. The van der Waals surface area contributed by atoms with Crippen molar-refractivity contribution in [2.75, 3.05) is 0 Å². The summed E-state index contributed by atoms with van der Waals surface area (Å²) in [6.45, 7) is 0. The fourth-order valence-corrected chi connectivity index (χ4v) is 0. The summed E-state index contributed by atoms with van der Waals surface area (Å²) < 4.78 is 0. The SMILES string of the molecule is [Cl-].[Cl-].[Cl-].[N-]=O.[Ru+4]. The van der Waals surface area contributed by atoms with E-state index in [-0.39, 0.29) is 56.7 Å². The van der Waals surface area contributed by atoms with Crippen molar-refractivity contribution in [2.24, 2.45) is 0 Å². The normalized spacial score (nSPS) is 0.667. The van der Waals surface area contributed by atoms with Crippen LogP contribution in [0.15, 0.2) is 0 Å². The van der Waals surface area contributed by atoms with Crippen LogP contribution in [0, 0.1) is 4.91 Å². The molecule has 0 fully saturated rings. The first-order valence-corrected chi connectivity index (χ1v) is 0.183. The van der Waals surface area contributed by atoms with Crippen LogP contribution in [0.3, 0.4) is 0 Å². The molecule has 0 aromatic carbocycles. The van der Waals surface area contributed by atoms with Crippen molar-refractivity contribution >= 4 is 0 Å². The minimum absolute atomic E-state index is 0. The molecule has 0 bridgehead atoms. The molecule has 0 aliphatic rings. The van der Waals surface area contributed by atoms with Crippen LogP contribution in [0.25, 0.3) is 5.59 Å². The van der Waals surface area contributed by atoms with Gasteiger partial charge in [0.05, 0.1) is 0 Å². The largest absolute Gasteiger partial charge is 4.00 e. The Kier molecular flexibility index (Phi) is 1320. The van der Waals surface area contributed by atoms with Gasteiger partial charge in [-0.2, -0.15) is 0 Å². The molecule has 2 nitrogen and oxygen atoms in total. The van der Waals surface area contributed by atoms with Gasteiger partial charge >= 0.3 is 19.5 Å². The molecule has 0 spiro atoms. The number of hydrogen-bond donors (Lipinski definition) is 0. The van der Waals surface area contributed by atoms with E-state index in [9.17, 15) is 0 Å². The summed E-state index contributed by atoms with van der Waals surface area (Å²) in [5, 5.41) is 0. The van der Waals surface area contributed by atoms with E-state index in [1.807, 2.05) is 0 Å². The van der Waals surface area contributed by atoms with Gasteiger partial charge in [-0.05, 0) is 0 Å². The molecule has 0 saturated carbocycles. The van der Waals surface area contributed by atoms with E-state index in [2.05, 4.69) is 0 Å². The molecule has 0 rings (SSSR count). The van der Waals surface area contributed by atoms with Gasteiger partial charge in [-0.3, -0.25) is 0 Å². The first-order valence-electron chi connectivity index (χ1n) is 0.183. The van der Waals surface area contributed by atoms with Gasteiger partial charge in [0.15, 0.2) is 0 Å². The molecule has 0 saturated heterocycles. The topological polar surface area (TPSA) is 39.4 Å². The van der Waals surface area contributed by atoms with Gasteiger partial charge < -0.3 is 47.7 Å². The summed E-state index contributed by atoms with van der Waals surface area (Å²) in [5.41, 5.74) is 5.75. The number of rotatable bonds is 0. The first kappa shape index (κ1) is 60.1. The minimum Gasteiger partial charge on any atom is -1.00 e. The van der Waals surface area contributed by atoms with E-state index in [1.165, 1.54) is 0 Å². The van der Waals surface area contributed by atoms with Crippen molar-refractivity contribution in [2.45, 2.75) is 0 Å². The Hall–Kier alpha value is 1.09. The predicted octanol–water partition coefficient (Wildman–Crippen LogP) is -8.67. The average Bonchev–Trinajstić information content (AvgIpc) is 1.00. The second-order valence-electron chi connectivity index (χ2n) is 0. The van der Waals surface area contributed by atoms with Gasteiger partial charge in [-0.25, -0.2) is 0 Å². The van der Waals surface area contributed by atoms with E-state index in [1.54, 1.807) is 0 Å². The summed E-state index contributed by atoms with van der Waals surface area (Å²) in [6, 6.07) is 0. The Morgan fingerprint density at radius 2 is 0.833 bits per heavy atom. The van der Waals surface area contributed by atoms with Gasteiger partial charge in [0.2, 0.25) is 0 Å². The molecule has 0 heterocycles. The van der Waals surface area contributed by atoms with Crippen LogP contribution in [0.2, 0.25) is 0 Å². The second-order valence-corrected chi connectivity index (χ2v) is 0. The fourth-order valence-electron chi connectivity index (χ4n) is 0. The van der Waals surface area contributed by atoms with Crippen molar-refractivity contribution < 1.29 is 56.7 Å². The Morgan fingerprint density at radius 3 is 0.833 bits per heavy atom. The van der Waals surface area contributed by atoms with Crippen LogP contribution < -0.4 is 37.2 Å². The van der Waals surface area contributed by atoms with Crippen molar-refractivity contribution in [1.29, 1.82) is 0 Å². The molecular formula is Cl3NORu. The molecule has 0 N–H and O–H groups in total. The van der Waals surface area contributed by atoms with Gasteiger partial charge in [-0.15, -0.1) is 0 Å². The summed E-state index contributed by atoms with van der Waals surface area (Å²) in [4.78, 5) is 7.25. The Morgan fingerprint density at radius 1 is 0.833 bits per heavy atom. The van der Waals surface area contributed by atoms with E-state index in [4.69, 9.17) is 10.5 Å². The van der Waals surface area contributed by atoms with E-state index < -0.39 is 0 Å². The first-order chi connectivity index (χ1) is 1.00. The third-order valence-corrected chi connectivity index (χ3v) is 0. The van der Waals surface area contributed by atoms with Gasteiger partial charge in [0.1, 0.15) is 0 Å². The third kappa shape index (κ3) is 71.4. The quantitative estimate of drug-likeness (QED) is 0.386. The van der Waals surface area contributed by atoms with Crippen LogP contribution in [-0.2, 0) is 19.5 Å². The molecule has 0 aliphatic carbocycles. The maximum Gasteiger partial charge on any atom is 4.00 e. The van der Waals surface area contributed by atoms with Gasteiger partial charge in [0, 0.05) is 0 Å². The molecule has 0 amide bonds. The van der Waals surface area contributed by atoms with E-state index in [0.29, 0.717) is 0 Å². The molecule has 6 heteroatoms. The number of halogens is 3. The summed E-state index contributed by atoms with van der Waals surface area (Å²) >= 11 is 0. The van der Waals surface area contributed by atoms with Crippen molar-refractivity contribution in [3.8, 4) is 0 Å². The zero-order chi connectivity index (χ0) is 2.00. The standard InChI is InChI=1S/3ClH.NO.Ru/c;;;1-2;/h3*1H;;/q;;;-1;+4/p-3. The second kappa shape index (κ2) is 132. The molecular weight excluding hydrogens is 237 g/mol. The van der Waals surface area contributed by atoms with Crippen LogP contribution in [0.1, 0.15) is 0 Å². The molecule has 0 aliphatic heterocycles. The number of nitrogens with zero attached hydrogens (tertiary/aromatic N) is 1. The summed E-state index contributed by atoms with van der Waals surface area (Å²) in [6.07, 6.45) is 0. The monoisotopic (exact) mass is 237 g/mol. The van der Waals surface area contributed by atoms with Crippen LogP contribution in [-0.4, -0.2) is 0 Å². The molecule has 0 radical (unpaired) electrons. The molecule has 0 unspecified atom stereocenters. The molecule has 0 aromatic heterocycles. The van der Waals surface area contributed by atoms with Crippen molar-refractivity contribution in [3.05, 3.63) is 10.5 Å². The predicted molar refractivity (Wildman–Crippen MR) is 6.73 cm³/mol. The van der Waals surface area contributed by atoms with Crippen LogP contribution >= 0.6 is 0 Å².